The van der Waals surface area contributed by atoms with Crippen LogP contribution in [0.1, 0.15) is 44.4 Å². The summed E-state index contributed by atoms with van der Waals surface area (Å²) in [5.74, 6) is 0.819. The fraction of sp³-hybridized carbons (Fsp3) is 0.367. The maximum absolute atomic E-state index is 12.9. The fourth-order valence-electron chi connectivity index (χ4n) is 4.73. The smallest absolute Gasteiger partial charge is 0.248 e. The molecule has 1 fully saturated rings. The Labute approximate surface area is 234 Å². The summed E-state index contributed by atoms with van der Waals surface area (Å²) in [5, 5.41) is 17.5. The first-order chi connectivity index (χ1) is 19.0. The molecule has 0 aliphatic carbocycles. The number of amides is 1. The van der Waals surface area contributed by atoms with Gasteiger partial charge in [-0.1, -0.05) is 31.0 Å². The van der Waals surface area contributed by atoms with Crippen LogP contribution in [0, 0.1) is 11.3 Å². The Kier molecular flexibility index (Phi) is 9.64. The molecule has 2 heterocycles. The molecule has 0 saturated carbocycles. The maximum atomic E-state index is 12.9. The molecular formula is C30H34ClN5O3. The number of methoxy groups -OCH3 is 1. The predicted octanol–water partition coefficient (Wildman–Crippen LogP) is 6.45. The van der Waals surface area contributed by atoms with Gasteiger partial charge in [-0.3, -0.25) is 14.7 Å². The molecule has 1 aliphatic heterocycles. The second-order valence-electron chi connectivity index (χ2n) is 9.30. The number of aryl methyl sites for hydroxylation is 1. The van der Waals surface area contributed by atoms with Crippen molar-refractivity contribution in [1.29, 1.82) is 5.26 Å². The van der Waals surface area contributed by atoms with Crippen LogP contribution in [-0.2, 0) is 11.2 Å². The Hall–Kier alpha value is -3.80. The summed E-state index contributed by atoms with van der Waals surface area (Å²) in [6.07, 6.45) is 7.70. The Balaban J connectivity index is 1.72. The Morgan fingerprint density at radius 1 is 1.18 bits per heavy atom. The Morgan fingerprint density at radius 3 is 2.64 bits per heavy atom. The maximum Gasteiger partial charge on any atom is 0.248 e. The number of ether oxygens (including phenoxy) is 2. The third-order valence-electron chi connectivity index (χ3n) is 6.67. The molecule has 2 N–H and O–H groups in total. The fourth-order valence-corrected chi connectivity index (χ4v) is 4.99. The number of hydrogen-bond donors (Lipinski definition) is 2. The van der Waals surface area contributed by atoms with Crippen LogP contribution in [0.2, 0.25) is 5.02 Å². The lowest BCUT2D eigenvalue weighted by atomic mass is 10.0. The molecule has 3 aromatic rings. The number of nitriles is 1. The van der Waals surface area contributed by atoms with Crippen LogP contribution < -0.4 is 20.1 Å². The van der Waals surface area contributed by atoms with Crippen molar-refractivity contribution in [2.75, 3.05) is 44.0 Å². The van der Waals surface area contributed by atoms with Gasteiger partial charge in [-0.15, -0.1) is 0 Å². The van der Waals surface area contributed by atoms with E-state index in [9.17, 15) is 10.1 Å². The summed E-state index contributed by atoms with van der Waals surface area (Å²) < 4.78 is 11.1. The second kappa shape index (κ2) is 13.3. The predicted molar refractivity (Wildman–Crippen MR) is 156 cm³/mol. The summed E-state index contributed by atoms with van der Waals surface area (Å²) in [4.78, 5) is 20.0. The molecule has 1 saturated heterocycles. The van der Waals surface area contributed by atoms with Gasteiger partial charge < -0.3 is 20.1 Å². The van der Waals surface area contributed by atoms with Crippen molar-refractivity contribution in [1.82, 2.24) is 9.88 Å². The van der Waals surface area contributed by atoms with Crippen molar-refractivity contribution in [3.05, 3.63) is 58.8 Å². The lowest BCUT2D eigenvalue weighted by Crippen LogP contribution is -2.29. The van der Waals surface area contributed by atoms with Crippen LogP contribution in [0.25, 0.3) is 10.9 Å². The molecule has 9 heteroatoms. The lowest BCUT2D eigenvalue weighted by Gasteiger charge is -2.24. The third kappa shape index (κ3) is 6.80. The molecule has 4 rings (SSSR count). The zero-order valence-electron chi connectivity index (χ0n) is 22.6. The van der Waals surface area contributed by atoms with E-state index in [1.807, 2.05) is 26.0 Å². The van der Waals surface area contributed by atoms with E-state index in [0.717, 1.165) is 19.6 Å². The first-order valence-electron chi connectivity index (χ1n) is 13.3. The number of carbonyl (C=O) groups is 1. The van der Waals surface area contributed by atoms with E-state index in [-0.39, 0.29) is 5.91 Å². The summed E-state index contributed by atoms with van der Waals surface area (Å²) >= 11 is 6.36. The van der Waals surface area contributed by atoms with E-state index in [2.05, 4.69) is 21.6 Å². The minimum absolute atomic E-state index is 0.248. The lowest BCUT2D eigenvalue weighted by molar-refractivity contribution is -0.111. The first kappa shape index (κ1) is 28.2. The van der Waals surface area contributed by atoms with Gasteiger partial charge in [0.25, 0.3) is 0 Å². The van der Waals surface area contributed by atoms with E-state index in [1.54, 1.807) is 37.5 Å². The number of hydrogen-bond acceptors (Lipinski definition) is 7. The highest BCUT2D eigenvalue weighted by atomic mass is 35.5. The van der Waals surface area contributed by atoms with Gasteiger partial charge in [-0.05, 0) is 63.5 Å². The van der Waals surface area contributed by atoms with Crippen molar-refractivity contribution < 1.29 is 14.3 Å². The standard InChI is InChI=1S/C30H34ClN5O3/c1-4-24-22(19-32)30(33-20-11-12-27(38-3)23(31)16-20)21-17-26(28(39-5-2)18-25(21)34-24)35-29(37)10-9-15-36-13-7-6-8-14-36/h9-12,16-18H,4-8,13-15H2,1-3H3,(H,33,34)(H,35,37)/b10-9+. The number of fused-ring (bicyclic) bond motifs is 1. The van der Waals surface area contributed by atoms with Gasteiger partial charge in [0.1, 0.15) is 17.6 Å². The largest absolute Gasteiger partial charge is 0.495 e. The van der Waals surface area contributed by atoms with E-state index < -0.39 is 0 Å². The minimum Gasteiger partial charge on any atom is -0.495 e. The average molecular weight is 548 g/mol. The monoisotopic (exact) mass is 547 g/mol. The van der Waals surface area contributed by atoms with Crippen LogP contribution in [0.5, 0.6) is 11.5 Å². The summed E-state index contributed by atoms with van der Waals surface area (Å²) in [5.41, 5.74) is 3.51. The molecule has 0 unspecified atom stereocenters. The molecule has 1 aromatic heterocycles. The van der Waals surface area contributed by atoms with Crippen LogP contribution >= 0.6 is 11.6 Å². The van der Waals surface area contributed by atoms with Crippen molar-refractivity contribution in [2.24, 2.45) is 0 Å². The van der Waals surface area contributed by atoms with Crippen molar-refractivity contribution in [3.63, 3.8) is 0 Å². The van der Waals surface area contributed by atoms with Gasteiger partial charge in [-0.25, -0.2) is 0 Å². The van der Waals surface area contributed by atoms with E-state index >= 15 is 0 Å². The molecule has 0 bridgehead atoms. The highest BCUT2D eigenvalue weighted by molar-refractivity contribution is 6.32. The van der Waals surface area contributed by atoms with Crippen LogP contribution in [0.3, 0.4) is 0 Å². The zero-order chi connectivity index (χ0) is 27.8. The number of rotatable bonds is 10. The third-order valence-corrected chi connectivity index (χ3v) is 6.96. The molecular weight excluding hydrogens is 514 g/mol. The number of piperidine rings is 1. The molecule has 0 spiro atoms. The second-order valence-corrected chi connectivity index (χ2v) is 9.71. The topological polar surface area (TPSA) is 99.5 Å². The van der Waals surface area contributed by atoms with Crippen LogP contribution in [0.15, 0.2) is 42.5 Å². The quantitative estimate of drug-likeness (QED) is 0.281. The molecule has 204 valence electrons. The zero-order valence-corrected chi connectivity index (χ0v) is 23.4. The van der Waals surface area contributed by atoms with Gasteiger partial charge in [0.05, 0.1) is 46.9 Å². The summed E-state index contributed by atoms with van der Waals surface area (Å²) in [7, 11) is 1.56. The van der Waals surface area contributed by atoms with E-state index in [0.29, 0.717) is 68.8 Å². The minimum atomic E-state index is -0.248. The number of carbonyl (C=O) groups excluding carboxylic acids is 1. The first-order valence-corrected chi connectivity index (χ1v) is 13.7. The normalized spacial score (nSPS) is 13.8. The number of aromatic nitrogens is 1. The molecule has 39 heavy (non-hydrogen) atoms. The number of halogens is 1. The molecule has 0 atom stereocenters. The van der Waals surface area contributed by atoms with Crippen molar-refractivity contribution >= 4 is 45.5 Å². The molecule has 1 aliphatic rings. The number of nitrogens with one attached hydrogen (secondary N) is 2. The number of likely N-dealkylation sites (tertiary alicyclic amines) is 1. The molecule has 2 aromatic carbocycles. The number of nitrogens with zero attached hydrogens (tertiary/aromatic N) is 3. The van der Waals surface area contributed by atoms with E-state index in [1.165, 1.54) is 19.3 Å². The summed E-state index contributed by atoms with van der Waals surface area (Å²) in [6.45, 7) is 7.14. The summed E-state index contributed by atoms with van der Waals surface area (Å²) in [6, 6.07) is 11.2. The molecule has 0 radical (unpaired) electrons. The van der Waals surface area contributed by atoms with Crippen LogP contribution in [0.4, 0.5) is 17.1 Å². The Bertz CT molecular complexity index is 1410. The van der Waals surface area contributed by atoms with Gasteiger partial charge in [0.2, 0.25) is 5.91 Å². The molecule has 8 nitrogen and oxygen atoms in total. The van der Waals surface area contributed by atoms with Crippen LogP contribution in [-0.4, -0.2) is 49.1 Å². The Morgan fingerprint density at radius 2 is 1.97 bits per heavy atom. The number of pyridine rings is 1. The average Bonchev–Trinajstić information content (AvgIpc) is 2.94. The van der Waals surface area contributed by atoms with Gasteiger partial charge in [-0.2, -0.15) is 5.26 Å². The molecule has 1 amide bonds. The number of anilines is 3. The van der Waals surface area contributed by atoms with Gasteiger partial charge in [0, 0.05) is 29.8 Å². The highest BCUT2D eigenvalue weighted by Crippen LogP contribution is 2.38. The van der Waals surface area contributed by atoms with Crippen molar-refractivity contribution in [2.45, 2.75) is 39.5 Å². The van der Waals surface area contributed by atoms with Gasteiger partial charge >= 0.3 is 0 Å². The van der Waals surface area contributed by atoms with Crippen molar-refractivity contribution in [3.8, 4) is 17.6 Å². The van der Waals surface area contributed by atoms with E-state index in [4.69, 9.17) is 26.1 Å². The highest BCUT2D eigenvalue weighted by Gasteiger charge is 2.19. The number of benzene rings is 2. The van der Waals surface area contributed by atoms with Gasteiger partial charge in [0.15, 0.2) is 0 Å². The SMILES string of the molecule is CCOc1cc2nc(CC)c(C#N)c(Nc3ccc(OC)c(Cl)c3)c2cc1NC(=O)/C=C/CN1CCCCC1.